The number of amides is 1. The molecule has 0 radical (unpaired) electrons. The van der Waals surface area contributed by atoms with Crippen molar-refractivity contribution in [1.29, 1.82) is 0 Å². The van der Waals surface area contributed by atoms with Crippen LogP contribution >= 0.6 is 11.6 Å². The summed E-state index contributed by atoms with van der Waals surface area (Å²) < 4.78 is 3.30. The third-order valence-electron chi connectivity index (χ3n) is 2.91. The Morgan fingerprint density at radius 1 is 1.45 bits per heavy atom. The SMILES string of the molecule is CCn1cc(NC(=O)c2nn3ccccc3c2Cl)cn1. The van der Waals surface area contributed by atoms with Gasteiger partial charge in [0.15, 0.2) is 5.69 Å². The Morgan fingerprint density at radius 3 is 3.00 bits per heavy atom. The molecule has 3 aromatic heterocycles. The quantitative estimate of drug-likeness (QED) is 0.805. The van der Waals surface area contributed by atoms with E-state index in [1.54, 1.807) is 33.9 Å². The van der Waals surface area contributed by atoms with E-state index in [4.69, 9.17) is 11.6 Å². The van der Waals surface area contributed by atoms with Crippen LogP contribution in [0.5, 0.6) is 0 Å². The van der Waals surface area contributed by atoms with E-state index < -0.39 is 0 Å². The number of pyridine rings is 1. The smallest absolute Gasteiger partial charge is 0.277 e. The molecule has 20 heavy (non-hydrogen) atoms. The molecule has 102 valence electrons. The number of carbonyl (C=O) groups is 1. The predicted molar refractivity (Wildman–Crippen MR) is 76.1 cm³/mol. The molecule has 0 saturated carbocycles. The Kier molecular flexibility index (Phi) is 3.15. The second-order valence-electron chi connectivity index (χ2n) is 4.23. The molecule has 3 rings (SSSR count). The average Bonchev–Trinajstić information content (AvgIpc) is 3.04. The molecular weight excluding hydrogens is 278 g/mol. The van der Waals surface area contributed by atoms with E-state index in [1.807, 2.05) is 19.1 Å². The Balaban J connectivity index is 1.90. The summed E-state index contributed by atoms with van der Waals surface area (Å²) in [5, 5.41) is 11.3. The molecular formula is C13H12ClN5O. The van der Waals surface area contributed by atoms with Gasteiger partial charge >= 0.3 is 0 Å². The lowest BCUT2D eigenvalue weighted by Crippen LogP contribution is -2.12. The maximum atomic E-state index is 12.2. The standard InChI is InChI=1S/C13H12ClN5O/c1-2-18-8-9(7-15-18)16-13(20)12-11(14)10-5-3-4-6-19(10)17-12/h3-8H,2H2,1H3,(H,16,20). The fourth-order valence-electron chi connectivity index (χ4n) is 1.90. The molecule has 0 aromatic carbocycles. The van der Waals surface area contributed by atoms with Crippen molar-refractivity contribution < 1.29 is 4.79 Å². The number of hydrogen-bond donors (Lipinski definition) is 1. The first-order chi connectivity index (χ1) is 9.69. The molecule has 0 unspecified atom stereocenters. The molecule has 3 aromatic rings. The van der Waals surface area contributed by atoms with E-state index in [9.17, 15) is 4.79 Å². The highest BCUT2D eigenvalue weighted by atomic mass is 35.5. The minimum absolute atomic E-state index is 0.196. The average molecular weight is 290 g/mol. The van der Waals surface area contributed by atoms with Crippen molar-refractivity contribution in [3.05, 3.63) is 47.5 Å². The van der Waals surface area contributed by atoms with Crippen LogP contribution in [0.4, 0.5) is 5.69 Å². The van der Waals surface area contributed by atoms with Gasteiger partial charge in [-0.1, -0.05) is 17.7 Å². The van der Waals surface area contributed by atoms with Crippen LogP contribution in [0.2, 0.25) is 5.02 Å². The van der Waals surface area contributed by atoms with E-state index in [0.29, 0.717) is 16.2 Å². The van der Waals surface area contributed by atoms with Crippen LogP contribution in [0, 0.1) is 0 Å². The zero-order valence-electron chi connectivity index (χ0n) is 10.7. The largest absolute Gasteiger partial charge is 0.318 e. The van der Waals surface area contributed by atoms with Gasteiger partial charge in [0.25, 0.3) is 5.91 Å². The summed E-state index contributed by atoms with van der Waals surface area (Å²) in [5.74, 6) is -0.352. The number of nitrogens with zero attached hydrogens (tertiary/aromatic N) is 4. The lowest BCUT2D eigenvalue weighted by molar-refractivity contribution is 0.102. The van der Waals surface area contributed by atoms with Crippen LogP contribution in [0.15, 0.2) is 36.8 Å². The number of rotatable bonds is 3. The Hall–Kier alpha value is -2.34. The van der Waals surface area contributed by atoms with E-state index >= 15 is 0 Å². The van der Waals surface area contributed by atoms with E-state index in [1.165, 1.54) is 0 Å². The summed E-state index contributed by atoms with van der Waals surface area (Å²) in [5.41, 5.74) is 1.51. The molecule has 0 bridgehead atoms. The summed E-state index contributed by atoms with van der Waals surface area (Å²) >= 11 is 6.19. The van der Waals surface area contributed by atoms with Crippen molar-refractivity contribution in [2.45, 2.75) is 13.5 Å². The lowest BCUT2D eigenvalue weighted by Gasteiger charge is -1.99. The number of anilines is 1. The molecule has 1 amide bonds. The van der Waals surface area contributed by atoms with Gasteiger partial charge in [-0.15, -0.1) is 0 Å². The van der Waals surface area contributed by atoms with Gasteiger partial charge in [-0.2, -0.15) is 10.2 Å². The minimum Gasteiger partial charge on any atom is -0.318 e. The van der Waals surface area contributed by atoms with Gasteiger partial charge in [0, 0.05) is 18.9 Å². The van der Waals surface area contributed by atoms with Crippen LogP contribution < -0.4 is 5.32 Å². The number of aromatic nitrogens is 4. The number of hydrogen-bond acceptors (Lipinski definition) is 3. The number of carbonyl (C=O) groups excluding carboxylic acids is 1. The summed E-state index contributed by atoms with van der Waals surface area (Å²) in [6, 6.07) is 5.47. The van der Waals surface area contributed by atoms with Crippen molar-refractivity contribution in [2.24, 2.45) is 0 Å². The summed E-state index contributed by atoms with van der Waals surface area (Å²) in [7, 11) is 0. The zero-order chi connectivity index (χ0) is 14.1. The maximum Gasteiger partial charge on any atom is 0.277 e. The minimum atomic E-state index is -0.352. The van der Waals surface area contributed by atoms with Crippen LogP contribution in [-0.4, -0.2) is 25.3 Å². The molecule has 0 aliphatic rings. The Bertz CT molecular complexity index is 776. The second-order valence-corrected chi connectivity index (χ2v) is 4.61. The first-order valence-electron chi connectivity index (χ1n) is 6.15. The van der Waals surface area contributed by atoms with Crippen LogP contribution in [0.3, 0.4) is 0 Å². The highest BCUT2D eigenvalue weighted by molar-refractivity contribution is 6.37. The molecule has 3 heterocycles. The molecule has 0 atom stereocenters. The first kappa shape index (κ1) is 12.7. The van der Waals surface area contributed by atoms with Crippen LogP contribution in [-0.2, 0) is 6.54 Å². The molecule has 0 saturated heterocycles. The molecule has 1 N–H and O–H groups in total. The number of halogens is 1. The van der Waals surface area contributed by atoms with Crippen molar-refractivity contribution in [1.82, 2.24) is 19.4 Å². The van der Waals surface area contributed by atoms with Gasteiger partial charge in [0.1, 0.15) is 0 Å². The summed E-state index contributed by atoms with van der Waals surface area (Å²) in [4.78, 5) is 12.2. The Morgan fingerprint density at radius 2 is 2.30 bits per heavy atom. The highest BCUT2D eigenvalue weighted by Crippen LogP contribution is 2.22. The summed E-state index contributed by atoms with van der Waals surface area (Å²) in [6.07, 6.45) is 5.08. The zero-order valence-corrected chi connectivity index (χ0v) is 11.5. The highest BCUT2D eigenvalue weighted by Gasteiger charge is 2.18. The van der Waals surface area contributed by atoms with Crippen molar-refractivity contribution in [3.8, 4) is 0 Å². The normalized spacial score (nSPS) is 10.9. The first-order valence-corrected chi connectivity index (χ1v) is 6.53. The number of aryl methyl sites for hydroxylation is 1. The third kappa shape index (κ3) is 2.14. The number of nitrogens with one attached hydrogen (secondary N) is 1. The Labute approximate surface area is 120 Å². The van der Waals surface area contributed by atoms with Crippen LogP contribution in [0.25, 0.3) is 5.52 Å². The molecule has 0 aliphatic heterocycles. The number of fused-ring (bicyclic) bond motifs is 1. The van der Waals surface area contributed by atoms with Gasteiger partial charge in [0.2, 0.25) is 0 Å². The molecule has 0 spiro atoms. The lowest BCUT2D eigenvalue weighted by atomic mass is 10.3. The molecule has 0 fully saturated rings. The van der Waals surface area contributed by atoms with E-state index in [2.05, 4.69) is 15.5 Å². The van der Waals surface area contributed by atoms with E-state index in [-0.39, 0.29) is 11.6 Å². The molecule has 6 nitrogen and oxygen atoms in total. The van der Waals surface area contributed by atoms with Gasteiger partial charge in [0.05, 0.1) is 22.4 Å². The monoisotopic (exact) mass is 289 g/mol. The third-order valence-corrected chi connectivity index (χ3v) is 3.28. The van der Waals surface area contributed by atoms with Gasteiger partial charge in [-0.05, 0) is 19.1 Å². The van der Waals surface area contributed by atoms with Gasteiger partial charge in [-0.3, -0.25) is 9.48 Å². The fraction of sp³-hybridized carbons (Fsp3) is 0.154. The predicted octanol–water partition coefficient (Wildman–Crippen LogP) is 2.46. The topological polar surface area (TPSA) is 64.2 Å². The second kappa shape index (κ2) is 4.97. The van der Waals surface area contributed by atoms with Crippen molar-refractivity contribution in [2.75, 3.05) is 5.32 Å². The molecule has 7 heteroatoms. The van der Waals surface area contributed by atoms with Crippen molar-refractivity contribution >= 4 is 28.7 Å². The fourth-order valence-corrected chi connectivity index (χ4v) is 2.18. The molecule has 0 aliphatic carbocycles. The van der Waals surface area contributed by atoms with Gasteiger partial charge in [-0.25, -0.2) is 4.52 Å². The maximum absolute atomic E-state index is 12.2. The van der Waals surface area contributed by atoms with Crippen LogP contribution in [0.1, 0.15) is 17.4 Å². The van der Waals surface area contributed by atoms with Crippen molar-refractivity contribution in [3.63, 3.8) is 0 Å². The summed E-state index contributed by atoms with van der Waals surface area (Å²) in [6.45, 7) is 2.71. The van der Waals surface area contributed by atoms with Gasteiger partial charge < -0.3 is 5.32 Å². The van der Waals surface area contributed by atoms with E-state index in [0.717, 1.165) is 6.54 Å².